The van der Waals surface area contributed by atoms with E-state index in [1.807, 2.05) is 0 Å². The molecule has 1 saturated heterocycles. The van der Waals surface area contributed by atoms with Gasteiger partial charge in [0.15, 0.2) is 0 Å². The summed E-state index contributed by atoms with van der Waals surface area (Å²) in [6.07, 6.45) is -0.355. The van der Waals surface area contributed by atoms with Crippen molar-refractivity contribution in [2.75, 3.05) is 5.75 Å². The third-order valence-corrected chi connectivity index (χ3v) is 2.21. The Labute approximate surface area is 87.6 Å². The molecule has 84 valence electrons. The molecule has 8 heteroatoms. The number of rotatable bonds is 4. The number of nitrogens with zero attached hydrogens (tertiary/aromatic N) is 1. The maximum Gasteiger partial charge on any atom is 0.334 e. The first kappa shape index (κ1) is 11.8. The maximum atomic E-state index is 11.0. The van der Waals surface area contributed by atoms with Gasteiger partial charge in [-0.25, -0.2) is 4.79 Å². The normalized spacial score (nSPS) is 18.1. The number of carbonyl (C=O) groups excluding carboxylic acids is 3. The molecular formula is C7H8NO6S-. The van der Waals surface area contributed by atoms with Crippen LogP contribution in [0.2, 0.25) is 0 Å². The van der Waals surface area contributed by atoms with Gasteiger partial charge in [-0.3, -0.25) is 13.8 Å². The van der Waals surface area contributed by atoms with E-state index in [0.29, 0.717) is 5.06 Å². The summed E-state index contributed by atoms with van der Waals surface area (Å²) < 4.78 is 20.2. The Kier molecular flexibility index (Phi) is 3.92. The van der Waals surface area contributed by atoms with E-state index in [0.717, 1.165) is 0 Å². The van der Waals surface area contributed by atoms with Crippen molar-refractivity contribution in [2.24, 2.45) is 0 Å². The van der Waals surface area contributed by atoms with E-state index in [2.05, 4.69) is 4.84 Å². The summed E-state index contributed by atoms with van der Waals surface area (Å²) in [7, 11) is 0. The van der Waals surface area contributed by atoms with Gasteiger partial charge in [-0.15, -0.1) is 5.06 Å². The topological polar surface area (TPSA) is 104 Å². The molecular weight excluding hydrogens is 226 g/mol. The van der Waals surface area contributed by atoms with Crippen LogP contribution in [-0.4, -0.2) is 37.4 Å². The highest BCUT2D eigenvalue weighted by Gasteiger charge is 2.32. The van der Waals surface area contributed by atoms with Gasteiger partial charge in [0.1, 0.15) is 0 Å². The van der Waals surface area contributed by atoms with Crippen LogP contribution in [0, 0.1) is 0 Å². The predicted molar refractivity (Wildman–Crippen MR) is 45.6 cm³/mol. The van der Waals surface area contributed by atoms with E-state index in [9.17, 15) is 23.1 Å². The zero-order chi connectivity index (χ0) is 11.4. The highest BCUT2D eigenvalue weighted by molar-refractivity contribution is 7.79. The van der Waals surface area contributed by atoms with Crippen LogP contribution in [0.15, 0.2) is 0 Å². The van der Waals surface area contributed by atoms with Crippen LogP contribution in [0.4, 0.5) is 0 Å². The van der Waals surface area contributed by atoms with Crippen molar-refractivity contribution < 1.29 is 28.0 Å². The van der Waals surface area contributed by atoms with E-state index in [1.54, 1.807) is 0 Å². The monoisotopic (exact) mass is 234 g/mol. The third-order valence-electron chi connectivity index (χ3n) is 1.67. The van der Waals surface area contributed by atoms with Gasteiger partial charge in [-0.2, -0.15) is 0 Å². The third kappa shape index (κ3) is 3.40. The van der Waals surface area contributed by atoms with Gasteiger partial charge in [0.05, 0.1) is 6.42 Å². The molecule has 1 unspecified atom stereocenters. The summed E-state index contributed by atoms with van der Waals surface area (Å²) in [6, 6.07) is 0. The first-order valence-corrected chi connectivity index (χ1v) is 5.37. The number of hydrogen-bond acceptors (Lipinski definition) is 6. The Morgan fingerprint density at radius 1 is 1.40 bits per heavy atom. The van der Waals surface area contributed by atoms with Gasteiger partial charge in [-0.05, 0) is 0 Å². The molecule has 0 bridgehead atoms. The Morgan fingerprint density at radius 2 is 1.93 bits per heavy atom. The lowest BCUT2D eigenvalue weighted by molar-refractivity contribution is -0.197. The highest BCUT2D eigenvalue weighted by Crippen LogP contribution is 2.12. The second kappa shape index (κ2) is 4.99. The van der Waals surface area contributed by atoms with Gasteiger partial charge in [-0.1, -0.05) is 11.1 Å². The number of hydroxylamine groups is 2. The lowest BCUT2D eigenvalue weighted by Gasteiger charge is -2.12. The molecule has 0 spiro atoms. The summed E-state index contributed by atoms with van der Waals surface area (Å²) >= 11 is -2.35. The van der Waals surface area contributed by atoms with Crippen LogP contribution in [0.5, 0.6) is 0 Å². The van der Waals surface area contributed by atoms with Crippen molar-refractivity contribution in [3.63, 3.8) is 0 Å². The van der Waals surface area contributed by atoms with E-state index in [-0.39, 0.29) is 19.3 Å². The molecule has 0 aromatic carbocycles. The smallest absolute Gasteiger partial charge is 0.334 e. The molecule has 1 aliphatic heterocycles. The summed E-state index contributed by atoms with van der Waals surface area (Å²) in [4.78, 5) is 37.3. The molecule has 0 N–H and O–H groups in total. The van der Waals surface area contributed by atoms with Gasteiger partial charge in [0, 0.05) is 18.6 Å². The molecule has 1 fully saturated rings. The standard InChI is InChI=1S/C7H9NO6S/c9-5-1-2-6(10)8(5)14-7(11)3-4-15(12)13/h1-4H2,(H,12,13)/p-1. The van der Waals surface area contributed by atoms with Crippen molar-refractivity contribution in [2.45, 2.75) is 19.3 Å². The van der Waals surface area contributed by atoms with Gasteiger partial charge < -0.3 is 9.39 Å². The molecule has 0 aliphatic carbocycles. The number of amides is 2. The highest BCUT2D eigenvalue weighted by atomic mass is 32.2. The number of hydrogen-bond donors (Lipinski definition) is 0. The Balaban J connectivity index is 2.40. The van der Waals surface area contributed by atoms with Crippen LogP contribution in [-0.2, 0) is 30.3 Å². The predicted octanol–water partition coefficient (Wildman–Crippen LogP) is -1.14. The molecule has 0 saturated carbocycles. The van der Waals surface area contributed by atoms with Crippen LogP contribution >= 0.6 is 0 Å². The van der Waals surface area contributed by atoms with Crippen LogP contribution in [0.25, 0.3) is 0 Å². The Bertz CT molecular complexity index is 311. The van der Waals surface area contributed by atoms with Crippen molar-refractivity contribution in [1.29, 1.82) is 0 Å². The Morgan fingerprint density at radius 3 is 2.40 bits per heavy atom. The lowest BCUT2D eigenvalue weighted by Crippen LogP contribution is -2.32. The maximum absolute atomic E-state index is 11.0. The van der Waals surface area contributed by atoms with E-state index in [4.69, 9.17) is 0 Å². The minimum absolute atomic E-state index is 0.0135. The fourth-order valence-corrected chi connectivity index (χ4v) is 1.31. The van der Waals surface area contributed by atoms with Crippen LogP contribution in [0.3, 0.4) is 0 Å². The summed E-state index contributed by atoms with van der Waals surface area (Å²) in [5.41, 5.74) is 0. The lowest BCUT2D eigenvalue weighted by atomic mass is 10.4. The fourth-order valence-electron chi connectivity index (χ4n) is 0.972. The number of imide groups is 1. The fraction of sp³-hybridized carbons (Fsp3) is 0.571. The largest absolute Gasteiger partial charge is 0.772 e. The van der Waals surface area contributed by atoms with Gasteiger partial charge in [0.25, 0.3) is 11.8 Å². The minimum atomic E-state index is -2.35. The average molecular weight is 234 g/mol. The van der Waals surface area contributed by atoms with Crippen LogP contribution < -0.4 is 0 Å². The van der Waals surface area contributed by atoms with E-state index < -0.39 is 34.6 Å². The molecule has 7 nitrogen and oxygen atoms in total. The second-order valence-electron chi connectivity index (χ2n) is 2.80. The second-order valence-corrected chi connectivity index (χ2v) is 3.82. The van der Waals surface area contributed by atoms with Gasteiger partial charge in [0.2, 0.25) is 0 Å². The molecule has 1 heterocycles. The minimum Gasteiger partial charge on any atom is -0.772 e. The van der Waals surface area contributed by atoms with E-state index >= 15 is 0 Å². The van der Waals surface area contributed by atoms with Crippen molar-refractivity contribution in [1.82, 2.24) is 5.06 Å². The molecule has 15 heavy (non-hydrogen) atoms. The van der Waals surface area contributed by atoms with Crippen LogP contribution in [0.1, 0.15) is 19.3 Å². The number of carbonyl (C=O) groups is 3. The molecule has 0 aromatic heterocycles. The molecule has 1 atom stereocenters. The van der Waals surface area contributed by atoms with Crippen molar-refractivity contribution >= 4 is 28.9 Å². The quantitative estimate of drug-likeness (QED) is 0.450. The Hall–Kier alpha value is -1.28. The summed E-state index contributed by atoms with van der Waals surface area (Å²) in [5, 5.41) is 0.385. The van der Waals surface area contributed by atoms with Crippen molar-refractivity contribution in [3.8, 4) is 0 Å². The first-order valence-electron chi connectivity index (χ1n) is 4.13. The van der Waals surface area contributed by atoms with Gasteiger partial charge >= 0.3 is 5.97 Å². The molecule has 1 aliphatic rings. The SMILES string of the molecule is O=C(CCS(=O)[O-])ON1C(=O)CCC1=O. The zero-order valence-corrected chi connectivity index (χ0v) is 8.45. The molecule has 1 rings (SSSR count). The zero-order valence-electron chi connectivity index (χ0n) is 7.63. The van der Waals surface area contributed by atoms with Crippen molar-refractivity contribution in [3.05, 3.63) is 0 Å². The molecule has 0 aromatic rings. The first-order chi connectivity index (χ1) is 7.00. The summed E-state index contributed by atoms with van der Waals surface area (Å²) in [5.74, 6) is -2.48. The van der Waals surface area contributed by atoms with E-state index in [1.165, 1.54) is 0 Å². The average Bonchev–Trinajstić information content (AvgIpc) is 2.46. The summed E-state index contributed by atoms with van der Waals surface area (Å²) in [6.45, 7) is 0. The molecule has 2 amide bonds. The molecule has 0 radical (unpaired) electrons.